The predicted molar refractivity (Wildman–Crippen MR) is 116 cm³/mol. The number of anilines is 1. The molecule has 1 aromatic carbocycles. The Morgan fingerprint density at radius 3 is 2.71 bits per heavy atom. The predicted octanol–water partition coefficient (Wildman–Crippen LogP) is 3.95. The first-order valence-corrected chi connectivity index (χ1v) is 10.8. The van der Waals surface area contributed by atoms with Crippen molar-refractivity contribution in [1.29, 1.82) is 0 Å². The molecule has 0 saturated carbocycles. The minimum absolute atomic E-state index is 0.164. The average Bonchev–Trinajstić information content (AvgIpc) is 2.78. The SMILES string of the molecule is CCCCc1cnc(-c2ccc(OCCOC)c(F)c2)c(N2CCC(C(=O)O)CC2)n1. The molecule has 0 bridgehead atoms. The molecule has 1 aromatic heterocycles. The van der Waals surface area contributed by atoms with Crippen LogP contribution < -0.4 is 9.64 Å². The van der Waals surface area contributed by atoms with Crippen LogP contribution in [0.4, 0.5) is 10.2 Å². The smallest absolute Gasteiger partial charge is 0.306 e. The molecule has 0 spiro atoms. The van der Waals surface area contributed by atoms with Gasteiger partial charge in [-0.05, 0) is 43.9 Å². The van der Waals surface area contributed by atoms with Gasteiger partial charge in [0, 0.05) is 32.0 Å². The fraction of sp³-hybridized carbons (Fsp3) is 0.522. The third-order valence-corrected chi connectivity index (χ3v) is 5.48. The van der Waals surface area contributed by atoms with Crippen LogP contribution in [-0.2, 0) is 16.0 Å². The zero-order valence-corrected chi connectivity index (χ0v) is 18.1. The highest BCUT2D eigenvalue weighted by Gasteiger charge is 2.27. The van der Waals surface area contributed by atoms with Crippen molar-refractivity contribution in [2.75, 3.05) is 38.3 Å². The Hall–Kier alpha value is -2.74. The van der Waals surface area contributed by atoms with Crippen LogP contribution in [0.2, 0.25) is 0 Å². The van der Waals surface area contributed by atoms with Crippen LogP contribution >= 0.6 is 0 Å². The van der Waals surface area contributed by atoms with Crippen LogP contribution in [0.5, 0.6) is 5.75 Å². The number of unbranched alkanes of at least 4 members (excludes halogenated alkanes) is 1. The highest BCUT2D eigenvalue weighted by molar-refractivity contribution is 5.74. The third-order valence-electron chi connectivity index (χ3n) is 5.48. The fourth-order valence-corrected chi connectivity index (χ4v) is 3.66. The molecule has 0 unspecified atom stereocenters. The molecule has 1 aliphatic heterocycles. The summed E-state index contributed by atoms with van der Waals surface area (Å²) in [7, 11) is 1.56. The quantitative estimate of drug-likeness (QED) is 0.570. The van der Waals surface area contributed by atoms with Gasteiger partial charge in [-0.25, -0.2) is 9.37 Å². The van der Waals surface area contributed by atoms with Gasteiger partial charge in [0.05, 0.1) is 18.2 Å². The lowest BCUT2D eigenvalue weighted by Crippen LogP contribution is -2.37. The van der Waals surface area contributed by atoms with Gasteiger partial charge in [0.2, 0.25) is 0 Å². The van der Waals surface area contributed by atoms with Crippen LogP contribution in [0.1, 0.15) is 38.3 Å². The lowest BCUT2D eigenvalue weighted by molar-refractivity contribution is -0.142. The standard InChI is InChI=1S/C23H30FN3O4/c1-3-4-5-18-15-25-21(17-6-7-20(19(24)14-17)31-13-12-30-2)22(26-18)27-10-8-16(9-11-27)23(28)29/h6-7,14-16H,3-5,8-13H2,1-2H3,(H,28,29). The Balaban J connectivity index is 1.88. The minimum atomic E-state index is -0.756. The number of aromatic nitrogens is 2. The average molecular weight is 432 g/mol. The molecule has 3 rings (SSSR count). The number of rotatable bonds is 10. The topological polar surface area (TPSA) is 84.8 Å². The molecule has 7 nitrogen and oxygen atoms in total. The number of methoxy groups -OCH3 is 1. The monoisotopic (exact) mass is 431 g/mol. The zero-order valence-electron chi connectivity index (χ0n) is 18.1. The number of piperidine rings is 1. The van der Waals surface area contributed by atoms with Crippen molar-refractivity contribution in [3.63, 3.8) is 0 Å². The summed E-state index contributed by atoms with van der Waals surface area (Å²) in [5, 5.41) is 9.29. The van der Waals surface area contributed by atoms with Crippen molar-refractivity contribution < 1.29 is 23.8 Å². The van der Waals surface area contributed by atoms with E-state index in [2.05, 4.69) is 16.8 Å². The van der Waals surface area contributed by atoms with Gasteiger partial charge < -0.3 is 19.5 Å². The number of hydrogen-bond acceptors (Lipinski definition) is 6. The minimum Gasteiger partial charge on any atom is -0.488 e. The maximum atomic E-state index is 14.6. The Morgan fingerprint density at radius 2 is 2.06 bits per heavy atom. The van der Waals surface area contributed by atoms with Crippen molar-refractivity contribution in [1.82, 2.24) is 9.97 Å². The summed E-state index contributed by atoms with van der Waals surface area (Å²) < 4.78 is 25.0. The molecule has 0 aliphatic carbocycles. The van der Waals surface area contributed by atoms with Crippen molar-refractivity contribution >= 4 is 11.8 Å². The zero-order chi connectivity index (χ0) is 22.2. The number of carboxylic acids is 1. The Bertz CT molecular complexity index is 885. The number of nitrogens with zero attached hydrogens (tertiary/aromatic N) is 3. The van der Waals surface area contributed by atoms with Gasteiger partial charge in [-0.1, -0.05) is 13.3 Å². The first kappa shape index (κ1) is 22.9. The summed E-state index contributed by atoms with van der Waals surface area (Å²) in [6, 6.07) is 4.77. The fourth-order valence-electron chi connectivity index (χ4n) is 3.66. The number of aryl methyl sites for hydroxylation is 1. The second-order valence-electron chi connectivity index (χ2n) is 7.72. The van der Waals surface area contributed by atoms with Crippen LogP contribution in [-0.4, -0.2) is 54.5 Å². The van der Waals surface area contributed by atoms with Crippen molar-refractivity contribution in [2.45, 2.75) is 39.0 Å². The van der Waals surface area contributed by atoms with E-state index < -0.39 is 11.8 Å². The summed E-state index contributed by atoms with van der Waals surface area (Å²) in [5.41, 5.74) is 2.10. The van der Waals surface area contributed by atoms with E-state index in [1.807, 2.05) is 0 Å². The molecule has 0 amide bonds. The maximum absolute atomic E-state index is 14.6. The molecule has 1 fully saturated rings. The molecule has 168 valence electrons. The van der Waals surface area contributed by atoms with Gasteiger partial charge in [0.25, 0.3) is 0 Å². The van der Waals surface area contributed by atoms with Gasteiger partial charge in [-0.3, -0.25) is 9.78 Å². The lowest BCUT2D eigenvalue weighted by atomic mass is 9.97. The molecule has 8 heteroatoms. The molecule has 0 radical (unpaired) electrons. The molecule has 0 atom stereocenters. The number of halogens is 1. The second kappa shape index (κ2) is 11.0. The third kappa shape index (κ3) is 5.91. The highest BCUT2D eigenvalue weighted by atomic mass is 19.1. The molecule has 1 N–H and O–H groups in total. The number of benzene rings is 1. The lowest BCUT2D eigenvalue weighted by Gasteiger charge is -2.32. The van der Waals surface area contributed by atoms with Crippen LogP contribution in [0.15, 0.2) is 24.4 Å². The molecule has 31 heavy (non-hydrogen) atoms. The molecule has 2 heterocycles. The summed E-state index contributed by atoms with van der Waals surface area (Å²) in [5.74, 6) is -0.714. The van der Waals surface area contributed by atoms with E-state index in [0.717, 1.165) is 25.0 Å². The van der Waals surface area contributed by atoms with E-state index in [1.165, 1.54) is 6.07 Å². The van der Waals surface area contributed by atoms with Gasteiger partial charge in [0.1, 0.15) is 12.3 Å². The van der Waals surface area contributed by atoms with Crippen LogP contribution in [0.3, 0.4) is 0 Å². The highest BCUT2D eigenvalue weighted by Crippen LogP contribution is 2.33. The van der Waals surface area contributed by atoms with E-state index >= 15 is 0 Å². The molecule has 2 aromatic rings. The van der Waals surface area contributed by atoms with E-state index in [4.69, 9.17) is 14.5 Å². The van der Waals surface area contributed by atoms with Crippen molar-refractivity contribution in [3.8, 4) is 17.0 Å². The number of ether oxygens (including phenoxy) is 2. The van der Waals surface area contributed by atoms with E-state index in [9.17, 15) is 14.3 Å². The summed E-state index contributed by atoms with van der Waals surface area (Å²) >= 11 is 0. The van der Waals surface area contributed by atoms with Gasteiger partial charge in [0.15, 0.2) is 17.4 Å². The number of carboxylic acid groups (broad SMARTS) is 1. The van der Waals surface area contributed by atoms with Crippen molar-refractivity contribution in [2.24, 2.45) is 5.92 Å². The van der Waals surface area contributed by atoms with E-state index in [0.29, 0.717) is 49.6 Å². The summed E-state index contributed by atoms with van der Waals surface area (Å²) in [6.45, 7) is 3.93. The van der Waals surface area contributed by atoms with Crippen molar-refractivity contribution in [3.05, 3.63) is 35.9 Å². The van der Waals surface area contributed by atoms with Gasteiger partial charge in [-0.15, -0.1) is 0 Å². The number of hydrogen-bond donors (Lipinski definition) is 1. The Labute approximate surface area is 182 Å². The van der Waals surface area contributed by atoms with Crippen LogP contribution in [0, 0.1) is 11.7 Å². The van der Waals surface area contributed by atoms with Crippen LogP contribution in [0.25, 0.3) is 11.3 Å². The largest absolute Gasteiger partial charge is 0.488 e. The molecular formula is C23H30FN3O4. The number of carbonyl (C=O) groups is 1. The van der Waals surface area contributed by atoms with E-state index in [-0.39, 0.29) is 18.3 Å². The summed E-state index contributed by atoms with van der Waals surface area (Å²) in [4.78, 5) is 22.8. The first-order chi connectivity index (χ1) is 15.0. The molecule has 1 aliphatic rings. The maximum Gasteiger partial charge on any atom is 0.306 e. The Morgan fingerprint density at radius 1 is 1.29 bits per heavy atom. The van der Waals surface area contributed by atoms with Gasteiger partial charge >= 0.3 is 5.97 Å². The van der Waals surface area contributed by atoms with E-state index in [1.54, 1.807) is 25.4 Å². The first-order valence-electron chi connectivity index (χ1n) is 10.8. The normalized spacial score (nSPS) is 14.6. The second-order valence-corrected chi connectivity index (χ2v) is 7.72. The molecular weight excluding hydrogens is 401 g/mol. The summed E-state index contributed by atoms with van der Waals surface area (Å²) in [6.07, 6.45) is 5.74. The Kier molecular flexibility index (Phi) is 8.17. The molecule has 1 saturated heterocycles. The number of aliphatic carboxylic acids is 1. The van der Waals surface area contributed by atoms with Gasteiger partial charge in [-0.2, -0.15) is 0 Å².